The maximum Gasteiger partial charge on any atom is 0.225 e. The highest BCUT2D eigenvalue weighted by atomic mass is 16.2. The summed E-state index contributed by atoms with van der Waals surface area (Å²) in [5.74, 6) is -0.153. The predicted octanol–water partition coefficient (Wildman–Crippen LogP) is 4.09. The van der Waals surface area contributed by atoms with Gasteiger partial charge in [0.05, 0.1) is 12.0 Å². The largest absolute Gasteiger partial charge is 0.354 e. The van der Waals surface area contributed by atoms with Gasteiger partial charge >= 0.3 is 0 Å². The highest BCUT2D eigenvalue weighted by molar-refractivity contribution is 5.82. The molecule has 2 N–H and O–H groups in total. The third kappa shape index (κ3) is 4.84. The summed E-state index contributed by atoms with van der Waals surface area (Å²) in [4.78, 5) is 28.9. The van der Waals surface area contributed by atoms with E-state index in [1.807, 2.05) is 39.8 Å². The number of aryl methyl sites for hydroxylation is 1. The average Bonchev–Trinajstić information content (AvgIpc) is 3.14. The first-order chi connectivity index (χ1) is 15.8. The van der Waals surface area contributed by atoms with E-state index in [2.05, 4.69) is 58.0 Å². The van der Waals surface area contributed by atoms with Crippen LogP contribution in [0.4, 0.5) is 0 Å². The van der Waals surface area contributed by atoms with E-state index in [-0.39, 0.29) is 41.1 Å². The van der Waals surface area contributed by atoms with E-state index in [9.17, 15) is 9.59 Å². The second kappa shape index (κ2) is 9.68. The quantitative estimate of drug-likeness (QED) is 0.701. The molecule has 2 aromatic carbocycles. The standard InChI is InChI=1S/C28H37N3O2/c1-19(2)26(32)30-25-23-13-9-8-12-22(23)14-15-28(25)18-31(16-21-10-6-5-7-11-21)17-24(28)27(33)29-20(3)4/h5-13,19-20,24-25H,14-18H2,1-4H3,(H,29,33)(H,30,32)/t24-,25-,28+/m1/s1. The topological polar surface area (TPSA) is 61.4 Å². The molecule has 1 aliphatic carbocycles. The summed E-state index contributed by atoms with van der Waals surface area (Å²) in [6.45, 7) is 10.2. The van der Waals surface area contributed by atoms with Crippen LogP contribution in [0.3, 0.4) is 0 Å². The van der Waals surface area contributed by atoms with Crippen LogP contribution in [0.25, 0.3) is 0 Å². The Morgan fingerprint density at radius 2 is 1.73 bits per heavy atom. The van der Waals surface area contributed by atoms with E-state index >= 15 is 0 Å². The maximum absolute atomic E-state index is 13.6. The average molecular weight is 448 g/mol. The normalized spacial score (nSPS) is 24.8. The minimum Gasteiger partial charge on any atom is -0.354 e. The molecule has 0 radical (unpaired) electrons. The van der Waals surface area contributed by atoms with Gasteiger partial charge in [0.25, 0.3) is 0 Å². The molecule has 5 heteroatoms. The van der Waals surface area contributed by atoms with Crippen LogP contribution in [0.2, 0.25) is 0 Å². The summed E-state index contributed by atoms with van der Waals surface area (Å²) in [5, 5.41) is 6.57. The first kappa shape index (κ1) is 23.5. The van der Waals surface area contributed by atoms with Crippen molar-refractivity contribution in [2.45, 2.75) is 59.2 Å². The van der Waals surface area contributed by atoms with Crippen LogP contribution >= 0.6 is 0 Å². The van der Waals surface area contributed by atoms with Gasteiger partial charge < -0.3 is 10.6 Å². The Hall–Kier alpha value is -2.66. The summed E-state index contributed by atoms with van der Waals surface area (Å²) in [6.07, 6.45) is 1.81. The molecule has 1 spiro atoms. The van der Waals surface area contributed by atoms with Crippen LogP contribution in [-0.2, 0) is 22.6 Å². The Morgan fingerprint density at radius 1 is 1.03 bits per heavy atom. The van der Waals surface area contributed by atoms with Crippen molar-refractivity contribution in [1.82, 2.24) is 15.5 Å². The lowest BCUT2D eigenvalue weighted by Crippen LogP contribution is -2.53. The van der Waals surface area contributed by atoms with Gasteiger partial charge in [0.15, 0.2) is 0 Å². The zero-order valence-electron chi connectivity index (χ0n) is 20.3. The molecule has 33 heavy (non-hydrogen) atoms. The minimum absolute atomic E-state index is 0.0422. The molecule has 176 valence electrons. The van der Waals surface area contributed by atoms with Gasteiger partial charge in [-0.15, -0.1) is 0 Å². The molecule has 2 aliphatic rings. The van der Waals surface area contributed by atoms with E-state index in [1.54, 1.807) is 0 Å². The molecular formula is C28H37N3O2. The lowest BCUT2D eigenvalue weighted by atomic mass is 9.62. The molecule has 0 unspecified atom stereocenters. The number of nitrogens with zero attached hydrogens (tertiary/aromatic N) is 1. The minimum atomic E-state index is -0.341. The molecule has 5 nitrogen and oxygen atoms in total. The molecule has 0 bridgehead atoms. The Bertz CT molecular complexity index is 988. The van der Waals surface area contributed by atoms with Gasteiger partial charge in [0.1, 0.15) is 0 Å². The van der Waals surface area contributed by atoms with E-state index < -0.39 is 0 Å². The van der Waals surface area contributed by atoms with Crippen molar-refractivity contribution in [1.29, 1.82) is 0 Å². The molecule has 2 amide bonds. The number of nitrogens with one attached hydrogen (secondary N) is 2. The van der Waals surface area contributed by atoms with E-state index in [1.165, 1.54) is 16.7 Å². The van der Waals surface area contributed by atoms with Crippen LogP contribution in [0.1, 0.15) is 56.8 Å². The Kier molecular flexibility index (Phi) is 6.89. The zero-order valence-corrected chi connectivity index (χ0v) is 20.3. The Morgan fingerprint density at radius 3 is 2.42 bits per heavy atom. The van der Waals surface area contributed by atoms with Crippen molar-refractivity contribution in [2.24, 2.45) is 17.3 Å². The molecule has 3 atom stereocenters. The number of benzene rings is 2. The van der Waals surface area contributed by atoms with Crippen molar-refractivity contribution in [3.05, 3.63) is 71.3 Å². The van der Waals surface area contributed by atoms with Gasteiger partial charge in [-0.3, -0.25) is 14.5 Å². The molecule has 2 aromatic rings. The van der Waals surface area contributed by atoms with Crippen molar-refractivity contribution in [3.63, 3.8) is 0 Å². The Balaban J connectivity index is 1.74. The molecule has 1 saturated heterocycles. The summed E-state index contributed by atoms with van der Waals surface area (Å²) >= 11 is 0. The molecule has 0 saturated carbocycles. The number of carbonyl (C=O) groups is 2. The second-order valence-corrected chi connectivity index (χ2v) is 10.4. The number of amides is 2. The van der Waals surface area contributed by atoms with Gasteiger partial charge in [-0.1, -0.05) is 68.4 Å². The van der Waals surface area contributed by atoms with Crippen LogP contribution in [0.5, 0.6) is 0 Å². The molecular weight excluding hydrogens is 410 g/mol. The number of fused-ring (bicyclic) bond motifs is 1. The molecule has 1 aliphatic heterocycles. The first-order valence-corrected chi connectivity index (χ1v) is 12.2. The van der Waals surface area contributed by atoms with Crippen molar-refractivity contribution < 1.29 is 9.59 Å². The highest BCUT2D eigenvalue weighted by Gasteiger charge is 2.56. The maximum atomic E-state index is 13.6. The lowest BCUT2D eigenvalue weighted by molar-refractivity contribution is -0.132. The first-order valence-electron chi connectivity index (χ1n) is 12.2. The van der Waals surface area contributed by atoms with Gasteiger partial charge in [-0.25, -0.2) is 0 Å². The van der Waals surface area contributed by atoms with E-state index in [4.69, 9.17) is 0 Å². The van der Waals surface area contributed by atoms with E-state index in [0.29, 0.717) is 6.54 Å². The number of rotatable bonds is 6. The lowest BCUT2D eigenvalue weighted by Gasteiger charge is -2.46. The summed E-state index contributed by atoms with van der Waals surface area (Å²) in [6, 6.07) is 18.8. The Labute approximate surface area is 197 Å². The van der Waals surface area contributed by atoms with Gasteiger partial charge in [0.2, 0.25) is 11.8 Å². The SMILES string of the molecule is CC(C)NC(=O)[C@H]1CN(Cc2ccccc2)C[C@@]12CCc1ccccc1[C@H]2NC(=O)C(C)C. The van der Waals surface area contributed by atoms with Gasteiger partial charge in [0, 0.05) is 37.0 Å². The third-order valence-electron chi connectivity index (χ3n) is 7.26. The fourth-order valence-electron chi connectivity index (χ4n) is 5.66. The van der Waals surface area contributed by atoms with E-state index in [0.717, 1.165) is 25.9 Å². The highest BCUT2D eigenvalue weighted by Crippen LogP contribution is 2.53. The molecule has 1 heterocycles. The van der Waals surface area contributed by atoms with Crippen LogP contribution in [-0.4, -0.2) is 35.8 Å². The molecule has 4 rings (SSSR count). The number of hydrogen-bond acceptors (Lipinski definition) is 3. The fraction of sp³-hybridized carbons (Fsp3) is 0.500. The zero-order chi connectivity index (χ0) is 23.6. The number of carbonyl (C=O) groups excluding carboxylic acids is 2. The van der Waals surface area contributed by atoms with Crippen LogP contribution in [0.15, 0.2) is 54.6 Å². The van der Waals surface area contributed by atoms with Crippen molar-refractivity contribution in [3.8, 4) is 0 Å². The number of hydrogen-bond donors (Lipinski definition) is 2. The van der Waals surface area contributed by atoms with Crippen LogP contribution in [0, 0.1) is 17.3 Å². The fourth-order valence-corrected chi connectivity index (χ4v) is 5.66. The predicted molar refractivity (Wildman–Crippen MR) is 131 cm³/mol. The summed E-state index contributed by atoms with van der Waals surface area (Å²) in [5.41, 5.74) is 3.35. The smallest absolute Gasteiger partial charge is 0.225 e. The summed E-state index contributed by atoms with van der Waals surface area (Å²) in [7, 11) is 0. The third-order valence-corrected chi connectivity index (χ3v) is 7.26. The van der Waals surface area contributed by atoms with Crippen molar-refractivity contribution >= 4 is 11.8 Å². The monoisotopic (exact) mass is 447 g/mol. The molecule has 0 aromatic heterocycles. The van der Waals surface area contributed by atoms with Crippen LogP contribution < -0.4 is 10.6 Å². The van der Waals surface area contributed by atoms with Gasteiger partial charge in [-0.2, -0.15) is 0 Å². The van der Waals surface area contributed by atoms with Crippen molar-refractivity contribution in [2.75, 3.05) is 13.1 Å². The van der Waals surface area contributed by atoms with Gasteiger partial charge in [-0.05, 0) is 43.4 Å². The summed E-state index contributed by atoms with van der Waals surface area (Å²) < 4.78 is 0. The molecule has 1 fully saturated rings. The number of likely N-dealkylation sites (tertiary alicyclic amines) is 1. The second-order valence-electron chi connectivity index (χ2n) is 10.4.